The van der Waals surface area contributed by atoms with Crippen molar-refractivity contribution in [2.75, 3.05) is 18.1 Å². The highest BCUT2D eigenvalue weighted by atomic mass is 32.2. The van der Waals surface area contributed by atoms with Gasteiger partial charge in [0.15, 0.2) is 0 Å². The molecule has 0 aliphatic rings. The molecule has 11 heavy (non-hydrogen) atoms. The van der Waals surface area contributed by atoms with Crippen molar-refractivity contribution in [1.29, 1.82) is 0 Å². The predicted molar refractivity (Wildman–Crippen MR) is 48.5 cm³/mol. The number of rotatable bonds is 6. The molecule has 0 aromatic rings. The number of hydrogen-bond donors (Lipinski definition) is 0. The second-order valence-corrected chi connectivity index (χ2v) is 3.25. The molecule has 0 rings (SSSR count). The second-order valence-electron chi connectivity index (χ2n) is 2.02. The lowest BCUT2D eigenvalue weighted by Crippen LogP contribution is -2.04. The van der Waals surface area contributed by atoms with Gasteiger partial charge in [-0.2, -0.15) is 11.8 Å². The van der Waals surface area contributed by atoms with Crippen molar-refractivity contribution in [1.82, 2.24) is 0 Å². The van der Waals surface area contributed by atoms with E-state index in [-0.39, 0.29) is 5.97 Å². The average Bonchev–Trinajstić information content (AvgIpc) is 1.99. The van der Waals surface area contributed by atoms with E-state index in [0.717, 1.165) is 17.9 Å². The minimum Gasteiger partial charge on any atom is -0.466 e. The summed E-state index contributed by atoms with van der Waals surface area (Å²) in [5.74, 6) is 1.79. The zero-order chi connectivity index (χ0) is 8.53. The van der Waals surface area contributed by atoms with Crippen molar-refractivity contribution in [3.63, 3.8) is 0 Å². The van der Waals surface area contributed by atoms with Crippen LogP contribution in [-0.4, -0.2) is 24.1 Å². The smallest absolute Gasteiger partial charge is 0.306 e. The Hall–Kier alpha value is -0.180. The number of carbonyl (C=O) groups excluding carboxylic acids is 1. The maximum absolute atomic E-state index is 10.8. The van der Waals surface area contributed by atoms with Gasteiger partial charge in [-0.25, -0.2) is 0 Å². The van der Waals surface area contributed by atoms with E-state index < -0.39 is 0 Å². The van der Waals surface area contributed by atoms with Crippen LogP contribution in [-0.2, 0) is 9.53 Å². The summed E-state index contributed by atoms with van der Waals surface area (Å²) in [6, 6.07) is 0. The molecule has 0 atom stereocenters. The van der Waals surface area contributed by atoms with E-state index in [2.05, 4.69) is 6.92 Å². The largest absolute Gasteiger partial charge is 0.466 e. The Morgan fingerprint density at radius 1 is 1.55 bits per heavy atom. The molecule has 0 bridgehead atoms. The third-order valence-corrected chi connectivity index (χ3v) is 2.11. The van der Waals surface area contributed by atoms with Crippen molar-refractivity contribution >= 4 is 17.7 Å². The molecule has 0 saturated heterocycles. The van der Waals surface area contributed by atoms with Gasteiger partial charge in [-0.15, -0.1) is 0 Å². The van der Waals surface area contributed by atoms with Gasteiger partial charge in [0.05, 0.1) is 13.0 Å². The van der Waals surface area contributed by atoms with Crippen molar-refractivity contribution < 1.29 is 9.53 Å². The van der Waals surface area contributed by atoms with Gasteiger partial charge < -0.3 is 4.74 Å². The van der Waals surface area contributed by atoms with Crippen molar-refractivity contribution in [3.05, 3.63) is 6.92 Å². The lowest BCUT2D eigenvalue weighted by molar-refractivity contribution is -0.142. The third kappa shape index (κ3) is 7.72. The Morgan fingerprint density at radius 2 is 2.27 bits per heavy atom. The van der Waals surface area contributed by atoms with Gasteiger partial charge in [-0.05, 0) is 19.1 Å². The first-order valence-corrected chi connectivity index (χ1v) is 4.99. The highest BCUT2D eigenvalue weighted by Gasteiger charge is 1.99. The zero-order valence-corrected chi connectivity index (χ0v) is 7.78. The second kappa shape index (κ2) is 7.92. The number of carbonyl (C=O) groups is 1. The molecule has 0 unspecified atom stereocenters. The Labute approximate surface area is 72.7 Å². The van der Waals surface area contributed by atoms with Gasteiger partial charge in [0, 0.05) is 5.75 Å². The lowest BCUT2D eigenvalue weighted by atomic mass is 10.5. The maximum atomic E-state index is 10.8. The summed E-state index contributed by atoms with van der Waals surface area (Å²) >= 11 is 1.74. The fourth-order valence-corrected chi connectivity index (χ4v) is 1.31. The summed E-state index contributed by atoms with van der Waals surface area (Å²) in [6.45, 7) is 6.01. The molecule has 0 aliphatic heterocycles. The molecule has 65 valence electrons. The fraction of sp³-hybridized carbons (Fsp3) is 0.750. The number of hydrogen-bond acceptors (Lipinski definition) is 3. The molecule has 3 heteroatoms. The van der Waals surface area contributed by atoms with Crippen LogP contribution in [0.25, 0.3) is 0 Å². The van der Waals surface area contributed by atoms with Crippen LogP contribution in [0.15, 0.2) is 0 Å². The Balaban J connectivity index is 3.04. The lowest BCUT2D eigenvalue weighted by Gasteiger charge is -2.00. The molecule has 0 saturated carbocycles. The van der Waals surface area contributed by atoms with Crippen molar-refractivity contribution in [2.45, 2.75) is 19.8 Å². The molecule has 1 radical (unpaired) electrons. The maximum Gasteiger partial charge on any atom is 0.306 e. The highest BCUT2D eigenvalue weighted by molar-refractivity contribution is 7.99. The summed E-state index contributed by atoms with van der Waals surface area (Å²) in [5.41, 5.74) is 0. The molecule has 0 aromatic carbocycles. The first-order valence-electron chi connectivity index (χ1n) is 3.83. The fourth-order valence-electron chi connectivity index (χ4n) is 0.593. The van der Waals surface area contributed by atoms with E-state index in [1.54, 1.807) is 11.8 Å². The van der Waals surface area contributed by atoms with Gasteiger partial charge in [0.25, 0.3) is 0 Å². The Bertz CT molecular complexity index is 104. The van der Waals surface area contributed by atoms with Crippen LogP contribution in [0.1, 0.15) is 19.8 Å². The molecular formula is C8H15O2S. The van der Waals surface area contributed by atoms with E-state index in [4.69, 9.17) is 4.74 Å². The van der Waals surface area contributed by atoms with E-state index in [0.29, 0.717) is 13.0 Å². The summed E-state index contributed by atoms with van der Waals surface area (Å²) in [6.07, 6.45) is 1.45. The Morgan fingerprint density at radius 3 is 2.82 bits per heavy atom. The topological polar surface area (TPSA) is 26.3 Å². The molecular weight excluding hydrogens is 160 g/mol. The highest BCUT2D eigenvalue weighted by Crippen LogP contribution is 2.04. The van der Waals surface area contributed by atoms with Crippen LogP contribution in [0.2, 0.25) is 0 Å². The van der Waals surface area contributed by atoms with Crippen LogP contribution in [0, 0.1) is 6.92 Å². The van der Waals surface area contributed by atoms with E-state index >= 15 is 0 Å². The molecule has 0 spiro atoms. The van der Waals surface area contributed by atoms with Crippen LogP contribution < -0.4 is 0 Å². The SMILES string of the molecule is [CH2]CCSCCC(=O)OCC. The van der Waals surface area contributed by atoms with Crippen LogP contribution in [0.3, 0.4) is 0 Å². The standard InChI is InChI=1S/C8H15O2S/c1-3-6-11-7-5-8(9)10-4-2/h1,3-7H2,2H3. The third-order valence-electron chi connectivity index (χ3n) is 1.04. The predicted octanol–water partition coefficient (Wildman–Crippen LogP) is 1.90. The first-order chi connectivity index (χ1) is 5.31. The minimum absolute atomic E-state index is 0.0935. The molecule has 0 aromatic heterocycles. The van der Waals surface area contributed by atoms with E-state index in [1.807, 2.05) is 6.92 Å². The van der Waals surface area contributed by atoms with Crippen LogP contribution in [0.5, 0.6) is 0 Å². The molecule has 0 fully saturated rings. The van der Waals surface area contributed by atoms with Gasteiger partial charge in [-0.1, -0.05) is 6.92 Å². The van der Waals surface area contributed by atoms with Crippen LogP contribution >= 0.6 is 11.8 Å². The quantitative estimate of drug-likeness (QED) is 0.455. The molecule has 0 aliphatic carbocycles. The van der Waals surface area contributed by atoms with Gasteiger partial charge in [0.1, 0.15) is 0 Å². The monoisotopic (exact) mass is 175 g/mol. The molecule has 0 N–H and O–H groups in total. The van der Waals surface area contributed by atoms with Gasteiger partial charge >= 0.3 is 5.97 Å². The van der Waals surface area contributed by atoms with Crippen LogP contribution in [0.4, 0.5) is 0 Å². The molecule has 0 heterocycles. The number of esters is 1. The van der Waals surface area contributed by atoms with Gasteiger partial charge in [-0.3, -0.25) is 4.79 Å². The normalized spacial score (nSPS) is 9.64. The minimum atomic E-state index is -0.0935. The summed E-state index contributed by atoms with van der Waals surface area (Å²) in [7, 11) is 0. The van der Waals surface area contributed by atoms with Crippen molar-refractivity contribution in [3.8, 4) is 0 Å². The van der Waals surface area contributed by atoms with E-state index in [1.165, 1.54) is 0 Å². The average molecular weight is 175 g/mol. The number of thioether (sulfide) groups is 1. The molecule has 2 nitrogen and oxygen atoms in total. The zero-order valence-electron chi connectivity index (χ0n) is 6.97. The number of ether oxygens (including phenoxy) is 1. The molecule has 0 amide bonds. The van der Waals surface area contributed by atoms with E-state index in [9.17, 15) is 4.79 Å². The summed E-state index contributed by atoms with van der Waals surface area (Å²) < 4.78 is 4.75. The summed E-state index contributed by atoms with van der Waals surface area (Å²) in [4.78, 5) is 10.8. The Kier molecular flexibility index (Phi) is 7.79. The van der Waals surface area contributed by atoms with Crippen molar-refractivity contribution in [2.24, 2.45) is 0 Å². The van der Waals surface area contributed by atoms with Gasteiger partial charge in [0.2, 0.25) is 0 Å². The first kappa shape index (κ1) is 10.8. The summed E-state index contributed by atoms with van der Waals surface area (Å²) in [5, 5.41) is 0.